The molecule has 0 radical (unpaired) electrons. The minimum atomic E-state index is -3.64. The van der Waals surface area contributed by atoms with Gasteiger partial charge in [-0.25, -0.2) is 13.1 Å². The molecule has 2 aromatic carbocycles. The molecule has 0 bridgehead atoms. The molecule has 0 saturated heterocycles. The van der Waals surface area contributed by atoms with Crippen molar-refractivity contribution in [2.45, 2.75) is 49.9 Å². The molecule has 2 aliphatic rings. The number of carboxylic acids is 1. The maximum absolute atomic E-state index is 12.7. The molecule has 0 spiro atoms. The number of fused-ring (bicyclic) bond motifs is 3. The molecule has 1 heterocycles. The van der Waals surface area contributed by atoms with Gasteiger partial charge in [0.05, 0.1) is 23.8 Å². The summed E-state index contributed by atoms with van der Waals surface area (Å²) in [6, 6.07) is 13.9. The number of aliphatic carboxylic acids is 1. The Morgan fingerprint density at radius 3 is 2.63 bits per heavy atom. The van der Waals surface area contributed by atoms with E-state index in [1.165, 1.54) is 0 Å². The molecule has 1 aliphatic carbocycles. The molecule has 4 rings (SSSR count). The number of hydrogen-bond donors (Lipinski definition) is 3. The summed E-state index contributed by atoms with van der Waals surface area (Å²) in [6.45, 7) is 1.59. The Kier molecular flexibility index (Phi) is 5.57. The second kappa shape index (κ2) is 8.02. The summed E-state index contributed by atoms with van der Waals surface area (Å²) in [5, 5.41) is 19.9. The SMILES string of the molecule is CC(C(=O)O)c1cccc2c1OC1CC(O)C(NS(=O)(=O)CCc3ccccc3)C21. The van der Waals surface area contributed by atoms with Crippen LogP contribution in [0, 0.1) is 0 Å². The van der Waals surface area contributed by atoms with Crippen LogP contribution in [0.15, 0.2) is 48.5 Å². The van der Waals surface area contributed by atoms with Gasteiger partial charge >= 0.3 is 5.97 Å². The highest BCUT2D eigenvalue weighted by atomic mass is 32.2. The first-order valence-electron chi connectivity index (χ1n) is 10.0. The van der Waals surface area contributed by atoms with Crippen molar-refractivity contribution in [2.75, 3.05) is 5.75 Å². The normalized spacial score (nSPS) is 25.9. The zero-order valence-corrected chi connectivity index (χ0v) is 17.4. The summed E-state index contributed by atoms with van der Waals surface area (Å²) in [6.07, 6.45) is -0.605. The number of carbonyl (C=O) groups is 1. The van der Waals surface area contributed by atoms with Crippen molar-refractivity contribution < 1.29 is 28.2 Å². The minimum Gasteiger partial charge on any atom is -0.489 e. The predicted octanol–water partition coefficient (Wildman–Crippen LogP) is 2.01. The van der Waals surface area contributed by atoms with Crippen molar-refractivity contribution in [3.05, 3.63) is 65.2 Å². The fourth-order valence-corrected chi connectivity index (χ4v) is 5.77. The number of aliphatic hydroxyl groups is 1. The lowest BCUT2D eigenvalue weighted by atomic mass is 9.90. The van der Waals surface area contributed by atoms with Crippen molar-refractivity contribution in [2.24, 2.45) is 0 Å². The van der Waals surface area contributed by atoms with Gasteiger partial charge < -0.3 is 14.9 Å². The van der Waals surface area contributed by atoms with Gasteiger partial charge in [-0.2, -0.15) is 0 Å². The van der Waals surface area contributed by atoms with Gasteiger partial charge in [-0.05, 0) is 18.9 Å². The lowest BCUT2D eigenvalue weighted by Crippen LogP contribution is -2.44. The smallest absolute Gasteiger partial charge is 0.310 e. The highest BCUT2D eigenvalue weighted by molar-refractivity contribution is 7.89. The lowest BCUT2D eigenvalue weighted by Gasteiger charge is -2.22. The molecule has 160 valence electrons. The summed E-state index contributed by atoms with van der Waals surface area (Å²) >= 11 is 0. The van der Waals surface area contributed by atoms with Gasteiger partial charge in [-0.15, -0.1) is 0 Å². The van der Waals surface area contributed by atoms with E-state index >= 15 is 0 Å². The summed E-state index contributed by atoms with van der Waals surface area (Å²) in [5.74, 6) is -1.64. The van der Waals surface area contributed by atoms with Crippen molar-refractivity contribution in [1.82, 2.24) is 4.72 Å². The van der Waals surface area contributed by atoms with E-state index in [1.807, 2.05) is 36.4 Å². The number of rotatable bonds is 7. The molecular formula is C22H25NO6S. The first-order chi connectivity index (χ1) is 14.3. The molecule has 5 atom stereocenters. The molecule has 0 aromatic heterocycles. The van der Waals surface area contributed by atoms with Gasteiger partial charge in [-0.1, -0.05) is 48.5 Å². The van der Waals surface area contributed by atoms with Crippen LogP contribution < -0.4 is 9.46 Å². The third-order valence-electron chi connectivity index (χ3n) is 6.03. The average molecular weight is 432 g/mol. The van der Waals surface area contributed by atoms with Gasteiger partial charge in [0.15, 0.2) is 0 Å². The fraction of sp³-hybridized carbons (Fsp3) is 0.409. The molecular weight excluding hydrogens is 406 g/mol. The van der Waals surface area contributed by atoms with Gasteiger partial charge in [0, 0.05) is 23.5 Å². The number of benzene rings is 2. The standard InChI is InChI=1S/C22H25NO6S/c1-13(22(25)26)15-8-5-9-16-19-18(29-21(15)16)12-17(24)20(19)23-30(27,28)11-10-14-6-3-2-4-7-14/h2-9,13,17-20,23-24H,10-12H2,1H3,(H,25,26). The third-order valence-corrected chi connectivity index (χ3v) is 7.41. The first kappa shape index (κ1) is 20.8. The van der Waals surface area contributed by atoms with Crippen molar-refractivity contribution in [3.8, 4) is 5.75 Å². The molecule has 3 N–H and O–H groups in total. The Labute approximate surface area is 175 Å². The van der Waals surface area contributed by atoms with Gasteiger partial charge in [0.25, 0.3) is 0 Å². The highest BCUT2D eigenvalue weighted by Crippen LogP contribution is 2.50. The molecule has 2 aromatic rings. The number of aryl methyl sites for hydroxylation is 1. The zero-order chi connectivity index (χ0) is 21.5. The van der Waals surface area contributed by atoms with E-state index in [1.54, 1.807) is 19.1 Å². The Hall–Kier alpha value is -2.42. The van der Waals surface area contributed by atoms with Crippen LogP contribution in [0.2, 0.25) is 0 Å². The van der Waals surface area contributed by atoms with E-state index in [-0.39, 0.29) is 24.2 Å². The van der Waals surface area contributed by atoms with Crippen LogP contribution in [0.3, 0.4) is 0 Å². The van der Waals surface area contributed by atoms with Crippen molar-refractivity contribution >= 4 is 16.0 Å². The van der Waals surface area contributed by atoms with E-state index in [0.29, 0.717) is 17.7 Å². The number of aliphatic hydroxyl groups excluding tert-OH is 1. The van der Waals surface area contributed by atoms with Crippen LogP contribution in [-0.4, -0.2) is 48.6 Å². The summed E-state index contributed by atoms with van der Waals surface area (Å²) in [5.41, 5.74) is 2.24. The predicted molar refractivity (Wildman–Crippen MR) is 111 cm³/mol. The highest BCUT2D eigenvalue weighted by Gasteiger charge is 2.51. The van der Waals surface area contributed by atoms with Crippen LogP contribution in [0.1, 0.15) is 41.9 Å². The van der Waals surface area contributed by atoms with Gasteiger partial charge in [0.1, 0.15) is 11.9 Å². The quantitative estimate of drug-likeness (QED) is 0.618. The molecule has 5 unspecified atom stereocenters. The molecule has 30 heavy (non-hydrogen) atoms. The molecule has 1 saturated carbocycles. The topological polar surface area (TPSA) is 113 Å². The maximum atomic E-state index is 12.7. The monoisotopic (exact) mass is 431 g/mol. The van der Waals surface area contributed by atoms with Gasteiger partial charge in [-0.3, -0.25) is 4.79 Å². The van der Waals surface area contributed by atoms with Crippen LogP contribution in [-0.2, 0) is 21.2 Å². The Morgan fingerprint density at radius 2 is 1.93 bits per heavy atom. The van der Waals surface area contributed by atoms with Crippen LogP contribution in [0.25, 0.3) is 0 Å². The van der Waals surface area contributed by atoms with Crippen molar-refractivity contribution in [1.29, 1.82) is 0 Å². The maximum Gasteiger partial charge on any atom is 0.310 e. The molecule has 7 nitrogen and oxygen atoms in total. The minimum absolute atomic E-state index is 0.0819. The van der Waals surface area contributed by atoms with E-state index in [4.69, 9.17) is 4.74 Å². The van der Waals surface area contributed by atoms with Crippen LogP contribution in [0.5, 0.6) is 5.75 Å². The zero-order valence-electron chi connectivity index (χ0n) is 16.6. The first-order valence-corrected chi connectivity index (χ1v) is 11.7. The fourth-order valence-electron chi connectivity index (χ4n) is 4.43. The molecule has 8 heteroatoms. The number of carboxylic acid groups (broad SMARTS) is 1. The number of nitrogens with one attached hydrogen (secondary N) is 1. The van der Waals surface area contributed by atoms with E-state index < -0.39 is 34.1 Å². The summed E-state index contributed by atoms with van der Waals surface area (Å²) in [7, 11) is -3.64. The van der Waals surface area contributed by atoms with E-state index in [9.17, 15) is 23.4 Å². The Morgan fingerprint density at radius 1 is 1.20 bits per heavy atom. The van der Waals surface area contributed by atoms with E-state index in [2.05, 4.69) is 4.72 Å². The average Bonchev–Trinajstić information content (AvgIpc) is 3.22. The lowest BCUT2D eigenvalue weighted by molar-refractivity contribution is -0.138. The number of sulfonamides is 1. The van der Waals surface area contributed by atoms with Crippen molar-refractivity contribution in [3.63, 3.8) is 0 Å². The molecule has 1 fully saturated rings. The number of ether oxygens (including phenoxy) is 1. The number of para-hydroxylation sites is 1. The molecule has 0 amide bonds. The van der Waals surface area contributed by atoms with Crippen LogP contribution >= 0.6 is 0 Å². The van der Waals surface area contributed by atoms with Gasteiger partial charge in [0.2, 0.25) is 10.0 Å². The second-order valence-electron chi connectivity index (χ2n) is 8.01. The third kappa shape index (κ3) is 3.95. The van der Waals surface area contributed by atoms with E-state index in [0.717, 1.165) is 11.1 Å². The second-order valence-corrected chi connectivity index (χ2v) is 9.88. The Balaban J connectivity index is 1.55. The summed E-state index contributed by atoms with van der Waals surface area (Å²) in [4.78, 5) is 11.5. The largest absolute Gasteiger partial charge is 0.489 e. The molecule has 1 aliphatic heterocycles. The Bertz CT molecular complexity index is 1040. The number of hydrogen-bond acceptors (Lipinski definition) is 5. The van der Waals surface area contributed by atoms with Crippen LogP contribution in [0.4, 0.5) is 0 Å². The summed E-state index contributed by atoms with van der Waals surface area (Å²) < 4.78 is 34.2.